The Hall–Kier alpha value is -1.20. The fourth-order valence-corrected chi connectivity index (χ4v) is 2.71. The summed E-state index contributed by atoms with van der Waals surface area (Å²) in [6, 6.07) is 5.32. The second-order valence-corrected chi connectivity index (χ2v) is 5.44. The molecule has 0 bridgehead atoms. The molecule has 1 unspecified atom stereocenters. The van der Waals surface area contributed by atoms with Crippen LogP contribution >= 0.6 is 15.9 Å². The molecule has 108 valence electrons. The zero-order valence-corrected chi connectivity index (χ0v) is 13.3. The maximum absolute atomic E-state index is 14.3. The summed E-state index contributed by atoms with van der Waals surface area (Å²) >= 11 is 3.25. The van der Waals surface area contributed by atoms with Crippen LogP contribution in [0.15, 0.2) is 35.1 Å². The lowest BCUT2D eigenvalue weighted by molar-refractivity contribution is 0.490. The summed E-state index contributed by atoms with van der Waals surface area (Å²) in [7, 11) is 0. The minimum Gasteiger partial charge on any atom is -0.335 e. The Kier molecular flexibility index (Phi) is 5.31. The van der Waals surface area contributed by atoms with Gasteiger partial charge < -0.3 is 9.88 Å². The largest absolute Gasteiger partial charge is 0.335 e. The number of hydrogen-bond donors (Lipinski definition) is 1. The monoisotopic (exact) mass is 339 g/mol. The van der Waals surface area contributed by atoms with Crippen LogP contribution in [0.4, 0.5) is 4.39 Å². The third-order valence-corrected chi connectivity index (χ3v) is 3.95. The summed E-state index contributed by atoms with van der Waals surface area (Å²) in [5, 5.41) is 3.34. The quantitative estimate of drug-likeness (QED) is 0.869. The van der Waals surface area contributed by atoms with Gasteiger partial charge in [0, 0.05) is 37.0 Å². The number of imidazole rings is 1. The van der Waals surface area contributed by atoms with Crippen LogP contribution in [0.25, 0.3) is 0 Å². The number of halogens is 2. The van der Waals surface area contributed by atoms with E-state index in [0.717, 1.165) is 18.9 Å². The number of hydrogen-bond acceptors (Lipinski definition) is 2. The van der Waals surface area contributed by atoms with E-state index in [1.54, 1.807) is 12.3 Å². The first kappa shape index (κ1) is 15.2. The summed E-state index contributed by atoms with van der Waals surface area (Å²) in [6.07, 6.45) is 4.41. The predicted octanol–water partition coefficient (Wildman–Crippen LogP) is 3.70. The van der Waals surface area contributed by atoms with Crippen LogP contribution in [0.1, 0.15) is 31.3 Å². The molecule has 3 nitrogen and oxygen atoms in total. The Morgan fingerprint density at radius 1 is 1.40 bits per heavy atom. The molecule has 1 aromatic carbocycles. The van der Waals surface area contributed by atoms with Crippen molar-refractivity contribution in [1.82, 2.24) is 14.9 Å². The van der Waals surface area contributed by atoms with Crippen molar-refractivity contribution in [3.05, 3.63) is 52.3 Å². The second kappa shape index (κ2) is 6.99. The van der Waals surface area contributed by atoms with Crippen LogP contribution in [0.5, 0.6) is 0 Å². The van der Waals surface area contributed by atoms with E-state index in [9.17, 15) is 4.39 Å². The van der Waals surface area contributed by atoms with Crippen molar-refractivity contribution in [3.63, 3.8) is 0 Å². The van der Waals surface area contributed by atoms with Gasteiger partial charge in [0.2, 0.25) is 0 Å². The van der Waals surface area contributed by atoms with Crippen molar-refractivity contribution in [2.24, 2.45) is 0 Å². The molecule has 0 fully saturated rings. The summed E-state index contributed by atoms with van der Waals surface area (Å²) in [5.74, 6) is 0.769. The molecule has 0 radical (unpaired) electrons. The minimum absolute atomic E-state index is 0.0785. The molecule has 1 atom stereocenters. The average molecular weight is 340 g/mol. The topological polar surface area (TPSA) is 29.9 Å². The lowest BCUT2D eigenvalue weighted by Crippen LogP contribution is -2.25. The maximum Gasteiger partial charge on any atom is 0.142 e. The molecule has 0 aliphatic rings. The van der Waals surface area contributed by atoms with Gasteiger partial charge in [-0.25, -0.2) is 9.37 Å². The van der Waals surface area contributed by atoms with Crippen LogP contribution in [0.2, 0.25) is 0 Å². The highest BCUT2D eigenvalue weighted by atomic mass is 79.9. The van der Waals surface area contributed by atoms with E-state index in [-0.39, 0.29) is 11.9 Å². The zero-order chi connectivity index (χ0) is 14.5. The van der Waals surface area contributed by atoms with E-state index >= 15 is 0 Å². The van der Waals surface area contributed by atoms with Gasteiger partial charge in [0.25, 0.3) is 0 Å². The Bertz CT molecular complexity index is 568. The van der Waals surface area contributed by atoms with Crippen molar-refractivity contribution in [2.45, 2.75) is 32.9 Å². The van der Waals surface area contributed by atoms with Crippen LogP contribution in [0.3, 0.4) is 0 Å². The van der Waals surface area contributed by atoms with Crippen molar-refractivity contribution >= 4 is 15.9 Å². The molecular weight excluding hydrogens is 321 g/mol. The highest BCUT2D eigenvalue weighted by Gasteiger charge is 2.18. The number of rotatable bonds is 6. The molecule has 20 heavy (non-hydrogen) atoms. The lowest BCUT2D eigenvalue weighted by Gasteiger charge is -2.19. The highest BCUT2D eigenvalue weighted by Crippen LogP contribution is 2.26. The molecule has 0 amide bonds. The Morgan fingerprint density at radius 2 is 2.20 bits per heavy atom. The Morgan fingerprint density at radius 3 is 2.90 bits per heavy atom. The van der Waals surface area contributed by atoms with E-state index in [2.05, 4.69) is 37.7 Å². The minimum atomic E-state index is -0.201. The van der Waals surface area contributed by atoms with E-state index < -0.39 is 0 Å². The molecule has 1 N–H and O–H groups in total. The Labute approximate surface area is 127 Å². The standard InChI is InChI=1S/C15H19BrFN3/c1-3-18-13(10-14-19-8-9-20(14)4-2)11-6-5-7-12(16)15(11)17/h5-9,13,18H,3-4,10H2,1-2H3. The van der Waals surface area contributed by atoms with Gasteiger partial charge in [-0.2, -0.15) is 0 Å². The molecule has 2 aromatic rings. The molecular formula is C15H19BrFN3. The van der Waals surface area contributed by atoms with E-state index in [4.69, 9.17) is 0 Å². The highest BCUT2D eigenvalue weighted by molar-refractivity contribution is 9.10. The number of nitrogens with one attached hydrogen (secondary N) is 1. The Balaban J connectivity index is 2.29. The summed E-state index contributed by atoms with van der Waals surface area (Å²) in [4.78, 5) is 4.38. The molecule has 1 heterocycles. The van der Waals surface area contributed by atoms with Crippen molar-refractivity contribution < 1.29 is 4.39 Å². The van der Waals surface area contributed by atoms with Gasteiger partial charge >= 0.3 is 0 Å². The van der Waals surface area contributed by atoms with E-state index in [1.807, 2.05) is 25.3 Å². The number of likely N-dealkylation sites (N-methyl/N-ethyl adjacent to an activating group) is 1. The van der Waals surface area contributed by atoms with Crippen LogP contribution in [-0.2, 0) is 13.0 Å². The second-order valence-electron chi connectivity index (χ2n) is 4.59. The van der Waals surface area contributed by atoms with E-state index in [0.29, 0.717) is 16.5 Å². The maximum atomic E-state index is 14.3. The van der Waals surface area contributed by atoms with Crippen molar-refractivity contribution in [1.29, 1.82) is 0 Å². The number of aromatic nitrogens is 2. The van der Waals surface area contributed by atoms with Gasteiger partial charge in [0.05, 0.1) is 4.47 Å². The van der Waals surface area contributed by atoms with Crippen LogP contribution < -0.4 is 5.32 Å². The van der Waals surface area contributed by atoms with Crippen LogP contribution in [0, 0.1) is 5.82 Å². The van der Waals surface area contributed by atoms with E-state index in [1.165, 1.54) is 0 Å². The van der Waals surface area contributed by atoms with Gasteiger partial charge in [0.15, 0.2) is 0 Å². The molecule has 2 rings (SSSR count). The molecule has 0 saturated heterocycles. The molecule has 0 saturated carbocycles. The summed E-state index contributed by atoms with van der Waals surface area (Å²) < 4.78 is 16.9. The average Bonchev–Trinajstić information content (AvgIpc) is 2.89. The normalized spacial score (nSPS) is 12.6. The number of benzene rings is 1. The first-order valence-corrected chi connectivity index (χ1v) is 7.64. The third kappa shape index (κ3) is 3.27. The van der Waals surface area contributed by atoms with Gasteiger partial charge in [-0.05, 0) is 35.5 Å². The molecule has 5 heteroatoms. The number of aryl methyl sites for hydroxylation is 1. The fraction of sp³-hybridized carbons (Fsp3) is 0.400. The summed E-state index contributed by atoms with van der Waals surface area (Å²) in [6.45, 7) is 5.75. The van der Waals surface area contributed by atoms with Gasteiger partial charge in [-0.3, -0.25) is 0 Å². The third-order valence-electron chi connectivity index (χ3n) is 3.34. The molecule has 0 aliphatic heterocycles. The van der Waals surface area contributed by atoms with Gasteiger partial charge in [-0.15, -0.1) is 0 Å². The van der Waals surface area contributed by atoms with Gasteiger partial charge in [0.1, 0.15) is 11.6 Å². The molecule has 1 aromatic heterocycles. The smallest absolute Gasteiger partial charge is 0.142 e. The first-order valence-electron chi connectivity index (χ1n) is 6.84. The predicted molar refractivity (Wildman–Crippen MR) is 82.1 cm³/mol. The number of nitrogens with zero attached hydrogens (tertiary/aromatic N) is 2. The molecule has 0 aliphatic carbocycles. The SMILES string of the molecule is CCNC(Cc1nccn1CC)c1cccc(Br)c1F. The fourth-order valence-electron chi connectivity index (χ4n) is 2.33. The first-order chi connectivity index (χ1) is 9.67. The van der Waals surface area contributed by atoms with Gasteiger partial charge in [-0.1, -0.05) is 19.1 Å². The van der Waals surface area contributed by atoms with Crippen LogP contribution in [-0.4, -0.2) is 16.1 Å². The lowest BCUT2D eigenvalue weighted by atomic mass is 10.0. The van der Waals surface area contributed by atoms with Crippen molar-refractivity contribution in [2.75, 3.05) is 6.54 Å². The zero-order valence-electron chi connectivity index (χ0n) is 11.7. The molecule has 0 spiro atoms. The summed E-state index contributed by atoms with van der Waals surface area (Å²) in [5.41, 5.74) is 0.673. The van der Waals surface area contributed by atoms with Crippen molar-refractivity contribution in [3.8, 4) is 0 Å².